The standard InChI is InChI=1S/C23H32FN3O3S2/c1-14(2)30-22(28)25-16-11-12-17(18(13-16)32(29)27-23(3,4)5)19-20(24)26-21(31-19)15-9-7-6-8-10-15/h11-15,27H,6-10H2,1-5H3,(H,25,28). The van der Waals surface area contributed by atoms with Gasteiger partial charge in [-0.15, -0.1) is 11.3 Å². The highest BCUT2D eigenvalue weighted by molar-refractivity contribution is 7.83. The molecule has 0 spiro atoms. The second-order valence-corrected chi connectivity index (χ2v) is 11.6. The highest BCUT2D eigenvalue weighted by Crippen LogP contribution is 2.41. The molecule has 2 N–H and O–H groups in total. The Morgan fingerprint density at radius 3 is 2.56 bits per heavy atom. The third kappa shape index (κ3) is 6.59. The van der Waals surface area contributed by atoms with Gasteiger partial charge in [0, 0.05) is 22.7 Å². The lowest BCUT2D eigenvalue weighted by Gasteiger charge is -2.21. The number of carbonyl (C=O) groups is 1. The highest BCUT2D eigenvalue weighted by atomic mass is 32.2. The Morgan fingerprint density at radius 2 is 1.94 bits per heavy atom. The van der Waals surface area contributed by atoms with Crippen LogP contribution in [0, 0.1) is 5.95 Å². The molecule has 1 aliphatic carbocycles. The van der Waals surface area contributed by atoms with Crippen molar-refractivity contribution in [1.29, 1.82) is 0 Å². The van der Waals surface area contributed by atoms with E-state index in [1.54, 1.807) is 32.0 Å². The number of carbonyl (C=O) groups excluding carboxylic acids is 1. The first-order valence-corrected chi connectivity index (χ1v) is 13.0. The van der Waals surface area contributed by atoms with Crippen molar-refractivity contribution in [2.24, 2.45) is 0 Å². The molecule has 1 aliphatic rings. The van der Waals surface area contributed by atoms with Gasteiger partial charge in [-0.25, -0.2) is 18.7 Å². The predicted octanol–water partition coefficient (Wildman–Crippen LogP) is 6.36. The molecular weight excluding hydrogens is 449 g/mol. The fourth-order valence-corrected chi connectivity index (χ4v) is 6.13. The summed E-state index contributed by atoms with van der Waals surface area (Å²) in [4.78, 5) is 17.0. The van der Waals surface area contributed by atoms with Gasteiger partial charge in [0.15, 0.2) is 0 Å². The van der Waals surface area contributed by atoms with E-state index in [4.69, 9.17) is 4.74 Å². The number of ether oxygens (including phenoxy) is 1. The Morgan fingerprint density at radius 1 is 1.25 bits per heavy atom. The van der Waals surface area contributed by atoms with Crippen LogP contribution in [0.2, 0.25) is 0 Å². The van der Waals surface area contributed by atoms with E-state index in [9.17, 15) is 13.4 Å². The molecule has 2 aromatic rings. The van der Waals surface area contributed by atoms with Crippen LogP contribution in [0.15, 0.2) is 23.1 Å². The minimum Gasteiger partial charge on any atom is -0.447 e. The van der Waals surface area contributed by atoms with Gasteiger partial charge < -0.3 is 4.74 Å². The van der Waals surface area contributed by atoms with Crippen LogP contribution in [0.25, 0.3) is 10.4 Å². The van der Waals surface area contributed by atoms with Gasteiger partial charge in [0.05, 0.1) is 20.9 Å². The first kappa shape index (κ1) is 24.8. The molecule has 1 atom stereocenters. The number of nitrogens with zero attached hydrogens (tertiary/aromatic N) is 1. The average molecular weight is 482 g/mol. The number of halogens is 1. The summed E-state index contributed by atoms with van der Waals surface area (Å²) in [5.74, 6) is -0.255. The zero-order valence-corrected chi connectivity index (χ0v) is 20.9. The molecule has 1 heterocycles. The number of hydrogen-bond donors (Lipinski definition) is 2. The largest absolute Gasteiger partial charge is 0.447 e. The number of thiazole rings is 1. The molecule has 3 rings (SSSR count). The van der Waals surface area contributed by atoms with Crippen molar-refractivity contribution in [3.05, 3.63) is 29.2 Å². The van der Waals surface area contributed by atoms with Gasteiger partial charge in [0.25, 0.3) is 0 Å². The maximum Gasteiger partial charge on any atom is 0.411 e. The summed E-state index contributed by atoms with van der Waals surface area (Å²) in [5, 5.41) is 3.46. The van der Waals surface area contributed by atoms with Crippen LogP contribution < -0.4 is 10.0 Å². The molecule has 1 fully saturated rings. The van der Waals surface area contributed by atoms with E-state index in [1.807, 2.05) is 20.8 Å². The van der Waals surface area contributed by atoms with Crippen molar-refractivity contribution in [3.8, 4) is 10.4 Å². The normalized spacial score (nSPS) is 16.2. The third-order valence-electron chi connectivity index (χ3n) is 4.97. The molecule has 1 aromatic heterocycles. The van der Waals surface area contributed by atoms with Gasteiger partial charge in [-0.3, -0.25) is 5.32 Å². The summed E-state index contributed by atoms with van der Waals surface area (Å²) >= 11 is 1.34. The summed E-state index contributed by atoms with van der Waals surface area (Å²) in [7, 11) is -1.63. The van der Waals surface area contributed by atoms with E-state index in [-0.39, 0.29) is 12.0 Å². The van der Waals surface area contributed by atoms with Crippen LogP contribution >= 0.6 is 11.3 Å². The van der Waals surface area contributed by atoms with Gasteiger partial charge in [-0.05, 0) is 59.6 Å². The number of nitrogens with one attached hydrogen (secondary N) is 2. The molecule has 176 valence electrons. The van der Waals surface area contributed by atoms with Crippen LogP contribution in [0.1, 0.15) is 77.6 Å². The van der Waals surface area contributed by atoms with Gasteiger partial charge in [0.2, 0.25) is 5.95 Å². The monoisotopic (exact) mass is 481 g/mol. The summed E-state index contributed by atoms with van der Waals surface area (Å²) in [6.45, 7) is 9.23. The predicted molar refractivity (Wildman–Crippen MR) is 128 cm³/mol. The number of amides is 1. The minimum atomic E-state index is -1.63. The molecule has 9 heteroatoms. The third-order valence-corrected chi connectivity index (χ3v) is 7.73. The van der Waals surface area contributed by atoms with Gasteiger partial charge in [-0.2, -0.15) is 4.39 Å². The van der Waals surface area contributed by atoms with Crippen molar-refractivity contribution < 1.29 is 18.1 Å². The second-order valence-electron chi connectivity index (χ2n) is 9.42. The Balaban J connectivity index is 1.98. The van der Waals surface area contributed by atoms with Crippen molar-refractivity contribution in [2.45, 2.75) is 89.2 Å². The lowest BCUT2D eigenvalue weighted by atomic mass is 9.90. The number of benzene rings is 1. The molecule has 6 nitrogen and oxygen atoms in total. The van der Waals surface area contributed by atoms with Crippen LogP contribution in [0.3, 0.4) is 0 Å². The molecule has 32 heavy (non-hydrogen) atoms. The van der Waals surface area contributed by atoms with E-state index >= 15 is 0 Å². The van der Waals surface area contributed by atoms with Gasteiger partial charge in [0.1, 0.15) is 11.0 Å². The maximum atomic E-state index is 15.0. The van der Waals surface area contributed by atoms with E-state index < -0.39 is 28.6 Å². The summed E-state index contributed by atoms with van der Waals surface area (Å²) in [5.41, 5.74) is 0.512. The fraction of sp³-hybridized carbons (Fsp3) is 0.565. The quantitative estimate of drug-likeness (QED) is 0.503. The van der Waals surface area contributed by atoms with Crippen molar-refractivity contribution >= 4 is 34.1 Å². The SMILES string of the molecule is CC(C)OC(=O)Nc1ccc(-c2sc(C3CCCCC3)nc2F)c(S(=O)NC(C)(C)C)c1. The topological polar surface area (TPSA) is 80.3 Å². The van der Waals surface area contributed by atoms with Gasteiger partial charge >= 0.3 is 6.09 Å². The molecule has 0 aliphatic heterocycles. The van der Waals surface area contributed by atoms with Crippen LogP contribution in [0.5, 0.6) is 0 Å². The molecule has 0 bridgehead atoms. The minimum absolute atomic E-state index is 0.269. The van der Waals surface area contributed by atoms with E-state index in [1.165, 1.54) is 17.8 Å². The smallest absolute Gasteiger partial charge is 0.411 e. The second kappa shape index (κ2) is 10.4. The zero-order valence-electron chi connectivity index (χ0n) is 19.3. The molecule has 0 radical (unpaired) electrons. The fourth-order valence-electron chi connectivity index (χ4n) is 3.64. The maximum absolute atomic E-state index is 15.0. The summed E-state index contributed by atoms with van der Waals surface area (Å²) in [6.07, 6.45) is 4.67. The average Bonchev–Trinajstić information content (AvgIpc) is 3.08. The Hall–Kier alpha value is -1.84. The molecule has 1 aromatic carbocycles. The number of aromatic nitrogens is 1. The number of rotatable bonds is 6. The summed E-state index contributed by atoms with van der Waals surface area (Å²) in [6, 6.07) is 4.95. The van der Waals surface area contributed by atoms with E-state index in [0.29, 0.717) is 21.0 Å². The van der Waals surface area contributed by atoms with Crippen LogP contribution in [0.4, 0.5) is 14.9 Å². The van der Waals surface area contributed by atoms with Gasteiger partial charge in [-0.1, -0.05) is 25.3 Å². The highest BCUT2D eigenvalue weighted by Gasteiger charge is 2.26. The molecule has 1 saturated carbocycles. The van der Waals surface area contributed by atoms with Crippen molar-refractivity contribution in [1.82, 2.24) is 9.71 Å². The Bertz CT molecular complexity index is 979. The van der Waals surface area contributed by atoms with Crippen LogP contribution in [-0.2, 0) is 15.7 Å². The number of hydrogen-bond acceptors (Lipinski definition) is 5. The first-order valence-electron chi connectivity index (χ1n) is 11.0. The molecule has 1 unspecified atom stereocenters. The summed E-state index contributed by atoms with van der Waals surface area (Å²) < 4.78 is 36.4. The molecule has 0 saturated heterocycles. The van der Waals surface area contributed by atoms with Crippen molar-refractivity contribution in [2.75, 3.05) is 5.32 Å². The Kier molecular flexibility index (Phi) is 8.06. The molecule has 1 amide bonds. The van der Waals surface area contributed by atoms with E-state index in [0.717, 1.165) is 30.7 Å². The van der Waals surface area contributed by atoms with E-state index in [2.05, 4.69) is 15.0 Å². The Labute approximate surface area is 196 Å². The number of anilines is 1. The lowest BCUT2D eigenvalue weighted by molar-refractivity contribution is 0.130. The first-order chi connectivity index (χ1) is 15.0. The molecular formula is C23H32FN3O3S2. The lowest BCUT2D eigenvalue weighted by Crippen LogP contribution is -2.37. The van der Waals surface area contributed by atoms with Crippen LogP contribution in [-0.4, -0.2) is 26.9 Å². The zero-order chi connectivity index (χ0) is 23.5. The van der Waals surface area contributed by atoms with Crippen molar-refractivity contribution in [3.63, 3.8) is 0 Å².